The van der Waals surface area contributed by atoms with Gasteiger partial charge < -0.3 is 20.3 Å². The van der Waals surface area contributed by atoms with E-state index in [9.17, 15) is 14.0 Å². The van der Waals surface area contributed by atoms with Crippen molar-refractivity contribution in [3.05, 3.63) is 16.7 Å². The Bertz CT molecular complexity index is 551. The largest absolute Gasteiger partial charge is 0.465 e. The Labute approximate surface area is 125 Å². The summed E-state index contributed by atoms with van der Waals surface area (Å²) in [6, 6.07) is -0.734. The molecule has 1 aromatic heterocycles. The first-order valence-corrected chi connectivity index (χ1v) is 6.97. The molecule has 7 nitrogen and oxygen atoms in total. The van der Waals surface area contributed by atoms with E-state index >= 15 is 0 Å². The highest BCUT2D eigenvalue weighted by atomic mass is 35.5. The van der Waals surface area contributed by atoms with E-state index in [2.05, 4.69) is 15.3 Å². The molecule has 3 N–H and O–H groups in total. The van der Waals surface area contributed by atoms with Crippen molar-refractivity contribution >= 4 is 23.6 Å². The molecule has 1 aliphatic heterocycles. The van der Waals surface area contributed by atoms with Crippen molar-refractivity contribution in [2.45, 2.75) is 32.0 Å². The first kappa shape index (κ1) is 15.6. The number of likely N-dealkylation sites (tertiary alicyclic amines) is 1. The van der Waals surface area contributed by atoms with Crippen LogP contribution in [-0.2, 0) is 6.42 Å². The van der Waals surface area contributed by atoms with Crippen LogP contribution < -0.4 is 5.32 Å². The minimum absolute atomic E-state index is 0.0321. The number of halogens is 2. The molecule has 1 fully saturated rings. The van der Waals surface area contributed by atoms with Crippen LogP contribution in [0.3, 0.4) is 0 Å². The molecule has 9 heteroatoms. The molecule has 0 spiro atoms. The van der Waals surface area contributed by atoms with E-state index in [0.717, 1.165) is 4.90 Å². The molecule has 0 saturated carbocycles. The van der Waals surface area contributed by atoms with E-state index in [-0.39, 0.29) is 30.5 Å². The number of hydrogen-bond acceptors (Lipinski definition) is 3. The lowest BCUT2D eigenvalue weighted by atomic mass is 10.0. The number of aromatic amines is 1. The lowest BCUT2D eigenvalue weighted by Gasteiger charge is -2.33. The van der Waals surface area contributed by atoms with Gasteiger partial charge in [-0.25, -0.2) is 14.2 Å². The maximum absolute atomic E-state index is 13.9. The molecule has 0 unspecified atom stereocenters. The second-order valence-electron chi connectivity index (χ2n) is 4.82. The van der Waals surface area contributed by atoms with E-state index in [1.165, 1.54) is 0 Å². The second kappa shape index (κ2) is 6.30. The predicted molar refractivity (Wildman–Crippen MR) is 73.3 cm³/mol. The van der Waals surface area contributed by atoms with Crippen LogP contribution in [0.1, 0.15) is 29.7 Å². The number of carbonyl (C=O) groups is 2. The number of carbonyl (C=O) groups excluding carboxylic acids is 1. The summed E-state index contributed by atoms with van der Waals surface area (Å²) in [4.78, 5) is 30.4. The first-order chi connectivity index (χ1) is 9.92. The van der Waals surface area contributed by atoms with Crippen LogP contribution in [0.15, 0.2) is 0 Å². The number of imidazole rings is 1. The van der Waals surface area contributed by atoms with Crippen molar-refractivity contribution in [3.63, 3.8) is 0 Å². The van der Waals surface area contributed by atoms with Crippen molar-refractivity contribution < 1.29 is 19.1 Å². The highest BCUT2D eigenvalue weighted by Gasteiger charge is 2.33. The molecule has 2 rings (SSSR count). The number of hydrogen-bond donors (Lipinski definition) is 3. The topological polar surface area (TPSA) is 98.3 Å². The van der Waals surface area contributed by atoms with Crippen LogP contribution in [-0.4, -0.2) is 57.3 Å². The second-order valence-corrected chi connectivity index (χ2v) is 5.18. The fraction of sp³-hybridized carbons (Fsp3) is 0.583. The van der Waals surface area contributed by atoms with E-state index < -0.39 is 24.2 Å². The maximum atomic E-state index is 13.9. The Morgan fingerprint density at radius 1 is 1.62 bits per heavy atom. The minimum Gasteiger partial charge on any atom is -0.465 e. The molecule has 0 bridgehead atoms. The number of alkyl halides is 1. The summed E-state index contributed by atoms with van der Waals surface area (Å²) in [5, 5.41) is 11.6. The summed E-state index contributed by atoms with van der Waals surface area (Å²) in [5.41, 5.74) is 0.638. The molecule has 2 heterocycles. The number of nitrogens with one attached hydrogen (secondary N) is 2. The van der Waals surface area contributed by atoms with E-state index in [4.69, 9.17) is 16.7 Å². The standard InChI is InChI=1S/C12H16ClFN4O3/c1-2-7-9(13)17-10(15-7)11(19)16-8-3-4-18(12(20)21)5-6(8)14/h6,8H,2-5H2,1H3,(H,15,17)(H,16,19)(H,20,21)/t6-,8-/m1/s1. The molecular formula is C12H16ClFN4O3. The number of rotatable bonds is 3. The van der Waals surface area contributed by atoms with E-state index in [1.54, 1.807) is 0 Å². The summed E-state index contributed by atoms with van der Waals surface area (Å²) in [5.74, 6) is -0.516. The highest BCUT2D eigenvalue weighted by Crippen LogP contribution is 2.16. The third kappa shape index (κ3) is 3.44. The molecule has 1 aromatic rings. The van der Waals surface area contributed by atoms with Crippen molar-refractivity contribution in [1.29, 1.82) is 0 Å². The summed E-state index contributed by atoms with van der Waals surface area (Å²) in [6.07, 6.45) is -1.79. The SMILES string of the molecule is CCc1[nH]c(C(=O)N[C@@H]2CCN(C(=O)O)C[C@H]2F)nc1Cl. The van der Waals surface area contributed by atoms with Crippen molar-refractivity contribution in [3.8, 4) is 0 Å². The monoisotopic (exact) mass is 318 g/mol. The smallest absolute Gasteiger partial charge is 0.407 e. The Balaban J connectivity index is 1.98. The summed E-state index contributed by atoms with van der Waals surface area (Å²) in [6.45, 7) is 1.79. The van der Waals surface area contributed by atoms with Crippen molar-refractivity contribution in [2.24, 2.45) is 0 Å². The van der Waals surface area contributed by atoms with Gasteiger partial charge in [-0.1, -0.05) is 18.5 Å². The van der Waals surface area contributed by atoms with Gasteiger partial charge in [-0.3, -0.25) is 4.79 Å². The lowest BCUT2D eigenvalue weighted by molar-refractivity contribution is 0.0747. The van der Waals surface area contributed by atoms with Crippen LogP contribution in [0.2, 0.25) is 5.15 Å². The summed E-state index contributed by atoms with van der Waals surface area (Å²) < 4.78 is 13.9. The average Bonchev–Trinajstić information content (AvgIpc) is 2.82. The zero-order valence-electron chi connectivity index (χ0n) is 11.4. The molecule has 0 aromatic carbocycles. The predicted octanol–water partition coefficient (Wildman–Crippen LogP) is 1.45. The molecule has 1 saturated heterocycles. The number of piperidine rings is 1. The van der Waals surface area contributed by atoms with Crippen molar-refractivity contribution in [1.82, 2.24) is 20.2 Å². The molecule has 116 valence electrons. The molecule has 0 aliphatic carbocycles. The summed E-state index contributed by atoms with van der Waals surface area (Å²) in [7, 11) is 0. The van der Waals surface area contributed by atoms with Gasteiger partial charge in [0.15, 0.2) is 11.0 Å². The number of aromatic nitrogens is 2. The maximum Gasteiger partial charge on any atom is 0.407 e. The van der Waals surface area contributed by atoms with Gasteiger partial charge in [0.1, 0.15) is 6.17 Å². The van der Waals surface area contributed by atoms with E-state index in [1.807, 2.05) is 6.92 Å². The van der Waals surface area contributed by atoms with Crippen LogP contribution in [0, 0.1) is 0 Å². The third-order valence-electron chi connectivity index (χ3n) is 3.43. The van der Waals surface area contributed by atoms with Gasteiger partial charge in [0.25, 0.3) is 5.91 Å². The Kier molecular flexibility index (Phi) is 4.66. The molecule has 1 aliphatic rings. The number of carboxylic acid groups (broad SMARTS) is 1. The third-order valence-corrected chi connectivity index (χ3v) is 3.74. The Morgan fingerprint density at radius 3 is 2.86 bits per heavy atom. The van der Waals surface area contributed by atoms with Gasteiger partial charge in [0.05, 0.1) is 18.3 Å². The first-order valence-electron chi connectivity index (χ1n) is 6.59. The Hall–Kier alpha value is -1.83. The van der Waals surface area contributed by atoms with Gasteiger partial charge in [-0.15, -0.1) is 0 Å². The molecule has 2 amide bonds. The van der Waals surface area contributed by atoms with Gasteiger partial charge in [-0.2, -0.15) is 0 Å². The molecule has 0 radical (unpaired) electrons. The minimum atomic E-state index is -1.45. The molecular weight excluding hydrogens is 303 g/mol. The zero-order valence-corrected chi connectivity index (χ0v) is 12.2. The zero-order chi connectivity index (χ0) is 15.6. The average molecular weight is 319 g/mol. The molecule has 21 heavy (non-hydrogen) atoms. The number of nitrogens with zero attached hydrogens (tertiary/aromatic N) is 2. The van der Waals surface area contributed by atoms with Gasteiger partial charge in [0, 0.05) is 6.54 Å². The number of aryl methyl sites for hydroxylation is 1. The van der Waals surface area contributed by atoms with Crippen LogP contribution >= 0.6 is 11.6 Å². The van der Waals surface area contributed by atoms with Crippen LogP contribution in [0.4, 0.5) is 9.18 Å². The number of amides is 2. The fourth-order valence-corrected chi connectivity index (χ4v) is 2.47. The molecule has 2 atom stereocenters. The van der Waals surface area contributed by atoms with Gasteiger partial charge in [0.2, 0.25) is 0 Å². The van der Waals surface area contributed by atoms with Crippen LogP contribution in [0.25, 0.3) is 0 Å². The summed E-state index contributed by atoms with van der Waals surface area (Å²) >= 11 is 5.85. The number of H-pyrrole nitrogens is 1. The lowest BCUT2D eigenvalue weighted by Crippen LogP contribution is -2.53. The quantitative estimate of drug-likeness (QED) is 0.785. The fourth-order valence-electron chi connectivity index (χ4n) is 2.21. The van der Waals surface area contributed by atoms with Gasteiger partial charge in [-0.05, 0) is 12.8 Å². The van der Waals surface area contributed by atoms with Crippen LogP contribution in [0.5, 0.6) is 0 Å². The Morgan fingerprint density at radius 2 is 2.33 bits per heavy atom. The van der Waals surface area contributed by atoms with Crippen molar-refractivity contribution in [2.75, 3.05) is 13.1 Å². The normalized spacial score (nSPS) is 22.1. The van der Waals surface area contributed by atoms with E-state index in [0.29, 0.717) is 12.1 Å². The van der Waals surface area contributed by atoms with Gasteiger partial charge >= 0.3 is 6.09 Å². The highest BCUT2D eigenvalue weighted by molar-refractivity contribution is 6.30.